The van der Waals surface area contributed by atoms with Crippen molar-refractivity contribution < 1.29 is 0 Å². The molecule has 1 atom stereocenters. The number of rotatable bonds is 3. The summed E-state index contributed by atoms with van der Waals surface area (Å²) < 4.78 is 0. The minimum Gasteiger partial charge on any atom is -0.367 e. The molecule has 3 heteroatoms. The average Bonchev–Trinajstić information content (AvgIpc) is 2.38. The molecule has 0 saturated carbocycles. The third-order valence-corrected chi connectivity index (χ3v) is 4.01. The second-order valence-corrected chi connectivity index (χ2v) is 5.37. The molecule has 1 N–H and O–H groups in total. The summed E-state index contributed by atoms with van der Waals surface area (Å²) in [6.45, 7) is 6.39. The van der Waals surface area contributed by atoms with Crippen LogP contribution in [-0.4, -0.2) is 20.1 Å². The Kier molecular flexibility index (Phi) is 4.31. The Bertz CT molecular complexity index is 454. The second-order valence-electron chi connectivity index (χ2n) is 4.96. The lowest BCUT2D eigenvalue weighted by Gasteiger charge is -2.28. The molecular weight excluding hydrogens is 244 g/mol. The Morgan fingerprint density at radius 1 is 1.39 bits per heavy atom. The van der Waals surface area contributed by atoms with Crippen molar-refractivity contribution in [2.24, 2.45) is 0 Å². The smallest absolute Gasteiger partial charge is 0.0474 e. The summed E-state index contributed by atoms with van der Waals surface area (Å²) in [6, 6.07) is 6.67. The van der Waals surface area contributed by atoms with Crippen LogP contribution in [0.25, 0.3) is 0 Å². The van der Waals surface area contributed by atoms with Crippen LogP contribution in [0.15, 0.2) is 29.8 Å². The Balaban J connectivity index is 2.19. The summed E-state index contributed by atoms with van der Waals surface area (Å²) in [5, 5.41) is 4.07. The maximum Gasteiger partial charge on any atom is 0.0474 e. The average molecular weight is 265 g/mol. The third-order valence-electron chi connectivity index (χ3n) is 3.68. The first-order chi connectivity index (χ1) is 8.61. The van der Waals surface area contributed by atoms with Gasteiger partial charge in [-0.1, -0.05) is 29.3 Å². The molecule has 1 aliphatic heterocycles. The second kappa shape index (κ2) is 5.77. The molecule has 0 aliphatic carbocycles. The van der Waals surface area contributed by atoms with Crippen LogP contribution in [0.5, 0.6) is 0 Å². The summed E-state index contributed by atoms with van der Waals surface area (Å²) >= 11 is 6.37. The number of anilines is 1. The summed E-state index contributed by atoms with van der Waals surface area (Å²) in [7, 11) is 1.95. The predicted octanol–water partition coefficient (Wildman–Crippen LogP) is 3.78. The summed E-state index contributed by atoms with van der Waals surface area (Å²) in [5.74, 6) is 0. The molecule has 1 aromatic carbocycles. The minimum absolute atomic E-state index is 0.287. The van der Waals surface area contributed by atoms with Crippen LogP contribution in [0.3, 0.4) is 0 Å². The Morgan fingerprint density at radius 3 is 2.72 bits per heavy atom. The molecule has 0 amide bonds. The Morgan fingerprint density at radius 2 is 2.17 bits per heavy atom. The monoisotopic (exact) mass is 264 g/mol. The fourth-order valence-electron chi connectivity index (χ4n) is 2.22. The van der Waals surface area contributed by atoms with Crippen molar-refractivity contribution in [3.63, 3.8) is 0 Å². The van der Waals surface area contributed by atoms with E-state index in [9.17, 15) is 0 Å². The SMILES string of the molecule is CNC(C)c1ccc(N2CC=C(C)CC2)cc1Cl. The van der Waals surface area contributed by atoms with Crippen LogP contribution in [0.1, 0.15) is 31.9 Å². The molecule has 18 heavy (non-hydrogen) atoms. The van der Waals surface area contributed by atoms with Gasteiger partial charge in [0.05, 0.1) is 0 Å². The van der Waals surface area contributed by atoms with Crippen LogP contribution < -0.4 is 10.2 Å². The van der Waals surface area contributed by atoms with E-state index in [4.69, 9.17) is 11.6 Å². The molecule has 1 heterocycles. The highest BCUT2D eigenvalue weighted by atomic mass is 35.5. The van der Waals surface area contributed by atoms with Gasteiger partial charge in [0.15, 0.2) is 0 Å². The van der Waals surface area contributed by atoms with Crippen molar-refractivity contribution in [1.82, 2.24) is 5.32 Å². The number of benzene rings is 1. The molecule has 1 aliphatic rings. The van der Waals surface area contributed by atoms with Crippen molar-refractivity contribution >= 4 is 17.3 Å². The molecule has 0 spiro atoms. The van der Waals surface area contributed by atoms with E-state index in [1.807, 2.05) is 7.05 Å². The van der Waals surface area contributed by atoms with E-state index in [0.29, 0.717) is 0 Å². The minimum atomic E-state index is 0.287. The molecule has 2 rings (SSSR count). The first kappa shape index (κ1) is 13.4. The van der Waals surface area contributed by atoms with E-state index in [-0.39, 0.29) is 6.04 Å². The molecule has 1 unspecified atom stereocenters. The highest BCUT2D eigenvalue weighted by Crippen LogP contribution is 2.29. The zero-order valence-electron chi connectivity index (χ0n) is 11.3. The zero-order valence-corrected chi connectivity index (χ0v) is 12.1. The van der Waals surface area contributed by atoms with Crippen LogP contribution in [0.2, 0.25) is 5.02 Å². The first-order valence-corrected chi connectivity index (χ1v) is 6.87. The lowest BCUT2D eigenvalue weighted by molar-refractivity contribution is 0.652. The number of nitrogens with zero attached hydrogens (tertiary/aromatic N) is 1. The topological polar surface area (TPSA) is 15.3 Å². The number of hydrogen-bond acceptors (Lipinski definition) is 2. The molecule has 0 saturated heterocycles. The van der Waals surface area contributed by atoms with E-state index in [1.54, 1.807) is 0 Å². The van der Waals surface area contributed by atoms with Gasteiger partial charge in [-0.3, -0.25) is 0 Å². The Hall–Kier alpha value is -0.990. The molecule has 0 fully saturated rings. The van der Waals surface area contributed by atoms with E-state index in [2.05, 4.69) is 48.3 Å². The molecule has 98 valence electrons. The molecule has 1 aromatic rings. The van der Waals surface area contributed by atoms with Gasteiger partial charge in [-0.05, 0) is 45.0 Å². The molecule has 0 bridgehead atoms. The van der Waals surface area contributed by atoms with Gasteiger partial charge in [-0.15, -0.1) is 0 Å². The van der Waals surface area contributed by atoms with Gasteiger partial charge >= 0.3 is 0 Å². The van der Waals surface area contributed by atoms with E-state index < -0.39 is 0 Å². The van der Waals surface area contributed by atoms with Gasteiger partial charge < -0.3 is 10.2 Å². The van der Waals surface area contributed by atoms with Crippen LogP contribution in [0.4, 0.5) is 5.69 Å². The highest BCUT2D eigenvalue weighted by molar-refractivity contribution is 6.31. The van der Waals surface area contributed by atoms with Crippen molar-refractivity contribution in [3.05, 3.63) is 40.4 Å². The molecule has 0 radical (unpaired) electrons. The van der Waals surface area contributed by atoms with Crippen molar-refractivity contribution in [2.75, 3.05) is 25.0 Å². The van der Waals surface area contributed by atoms with Crippen molar-refractivity contribution in [2.45, 2.75) is 26.3 Å². The summed E-state index contributed by atoms with van der Waals surface area (Å²) in [6.07, 6.45) is 3.44. The molecule has 0 aromatic heterocycles. The largest absolute Gasteiger partial charge is 0.367 e. The zero-order chi connectivity index (χ0) is 13.1. The predicted molar refractivity (Wildman–Crippen MR) is 79.5 cm³/mol. The van der Waals surface area contributed by atoms with E-state index in [0.717, 1.165) is 30.1 Å². The fraction of sp³-hybridized carbons (Fsp3) is 0.467. The van der Waals surface area contributed by atoms with Crippen LogP contribution >= 0.6 is 11.6 Å². The van der Waals surface area contributed by atoms with Gasteiger partial charge in [0.2, 0.25) is 0 Å². The lowest BCUT2D eigenvalue weighted by Crippen LogP contribution is -2.28. The fourth-order valence-corrected chi connectivity index (χ4v) is 2.56. The van der Waals surface area contributed by atoms with E-state index in [1.165, 1.54) is 11.3 Å². The summed E-state index contributed by atoms with van der Waals surface area (Å²) in [4.78, 5) is 2.37. The van der Waals surface area contributed by atoms with Gasteiger partial charge in [0.1, 0.15) is 0 Å². The van der Waals surface area contributed by atoms with Crippen molar-refractivity contribution in [3.8, 4) is 0 Å². The van der Waals surface area contributed by atoms with Gasteiger partial charge in [0.25, 0.3) is 0 Å². The quantitative estimate of drug-likeness (QED) is 0.836. The number of nitrogens with one attached hydrogen (secondary N) is 1. The van der Waals surface area contributed by atoms with Crippen LogP contribution in [0, 0.1) is 0 Å². The first-order valence-electron chi connectivity index (χ1n) is 6.49. The van der Waals surface area contributed by atoms with Gasteiger partial charge in [-0.25, -0.2) is 0 Å². The Labute approximate surface area is 115 Å². The van der Waals surface area contributed by atoms with Crippen LogP contribution in [-0.2, 0) is 0 Å². The van der Waals surface area contributed by atoms with Gasteiger partial charge in [-0.2, -0.15) is 0 Å². The molecular formula is C15H21ClN2. The van der Waals surface area contributed by atoms with Gasteiger partial charge in [0, 0.05) is 29.8 Å². The van der Waals surface area contributed by atoms with Crippen molar-refractivity contribution in [1.29, 1.82) is 0 Å². The number of hydrogen-bond donors (Lipinski definition) is 1. The maximum absolute atomic E-state index is 6.37. The lowest BCUT2D eigenvalue weighted by atomic mass is 10.1. The summed E-state index contributed by atoms with van der Waals surface area (Å²) in [5.41, 5.74) is 3.86. The number of halogens is 1. The van der Waals surface area contributed by atoms with E-state index >= 15 is 0 Å². The third kappa shape index (κ3) is 2.88. The standard InChI is InChI=1S/C15H21ClN2/c1-11-6-8-18(9-7-11)13-4-5-14(12(2)17-3)15(16)10-13/h4-6,10,12,17H,7-9H2,1-3H3. The molecule has 2 nitrogen and oxygen atoms in total. The highest BCUT2D eigenvalue weighted by Gasteiger charge is 2.13. The maximum atomic E-state index is 6.37. The normalized spacial score (nSPS) is 17.6.